The quantitative estimate of drug-likeness (QED) is 0.378. The topological polar surface area (TPSA) is 90.4 Å². The number of ether oxygens (including phenoxy) is 2. The van der Waals surface area contributed by atoms with Crippen LogP contribution in [0.2, 0.25) is 0 Å². The molecule has 2 aromatic rings. The van der Waals surface area contributed by atoms with Gasteiger partial charge in [-0.2, -0.15) is 0 Å². The van der Waals surface area contributed by atoms with Gasteiger partial charge >= 0.3 is 5.97 Å². The molecule has 1 aromatic heterocycles. The van der Waals surface area contributed by atoms with Gasteiger partial charge in [0, 0.05) is 17.8 Å². The van der Waals surface area contributed by atoms with E-state index in [9.17, 15) is 9.59 Å². The van der Waals surface area contributed by atoms with Crippen LogP contribution in [0.15, 0.2) is 29.4 Å². The number of aromatic nitrogens is 2. The zero-order valence-corrected chi connectivity index (χ0v) is 18.3. The first-order valence-electron chi connectivity index (χ1n) is 9.46. The van der Waals surface area contributed by atoms with Crippen LogP contribution in [0, 0.1) is 13.8 Å². The summed E-state index contributed by atoms with van der Waals surface area (Å²) in [5.41, 5.74) is 3.18. The number of para-hydroxylation sites is 2. The van der Waals surface area contributed by atoms with Crippen molar-refractivity contribution >= 4 is 29.3 Å². The zero-order chi connectivity index (χ0) is 21.4. The van der Waals surface area contributed by atoms with E-state index in [1.165, 1.54) is 11.8 Å². The molecule has 1 heterocycles. The monoisotopic (exact) mass is 417 g/mol. The first kappa shape index (κ1) is 22.7. The number of carbonyl (C=O) groups excluding carboxylic acids is 2. The van der Waals surface area contributed by atoms with Gasteiger partial charge in [-0.1, -0.05) is 23.9 Å². The highest BCUT2D eigenvalue weighted by molar-refractivity contribution is 7.98. The number of carbonyl (C=O) groups is 2. The van der Waals surface area contributed by atoms with E-state index < -0.39 is 18.0 Å². The fraction of sp³-hybridized carbons (Fsp3) is 0.429. The molecule has 0 saturated carbocycles. The molecule has 1 unspecified atom stereocenters. The summed E-state index contributed by atoms with van der Waals surface area (Å²) in [6, 6.07) is 7.12. The molecule has 1 atom stereocenters. The molecule has 0 aliphatic carbocycles. The van der Waals surface area contributed by atoms with Gasteiger partial charge in [0.1, 0.15) is 5.75 Å². The first-order valence-corrected chi connectivity index (χ1v) is 10.7. The number of anilines is 1. The average Bonchev–Trinajstić information content (AvgIpc) is 2.68. The van der Waals surface area contributed by atoms with Crippen molar-refractivity contribution in [3.05, 3.63) is 41.2 Å². The summed E-state index contributed by atoms with van der Waals surface area (Å²) < 4.78 is 10.8. The molecule has 7 nitrogen and oxygen atoms in total. The Hall–Kier alpha value is -2.61. The fourth-order valence-electron chi connectivity index (χ4n) is 2.78. The lowest BCUT2D eigenvalue weighted by Crippen LogP contribution is -2.30. The number of hydrogen-bond donors (Lipinski definition) is 1. The van der Waals surface area contributed by atoms with E-state index >= 15 is 0 Å². The molecular formula is C21H27N3O4S. The second kappa shape index (κ2) is 10.8. The molecule has 0 spiro atoms. The third-order valence-corrected chi connectivity index (χ3v) is 4.83. The van der Waals surface area contributed by atoms with Gasteiger partial charge in [-0.15, -0.1) is 0 Å². The van der Waals surface area contributed by atoms with Crippen LogP contribution in [0.3, 0.4) is 0 Å². The summed E-state index contributed by atoms with van der Waals surface area (Å²) in [6.07, 6.45) is 1.61. The third kappa shape index (κ3) is 6.45. The van der Waals surface area contributed by atoms with E-state index in [1.54, 1.807) is 25.1 Å². The van der Waals surface area contributed by atoms with Gasteiger partial charge in [0.25, 0.3) is 5.91 Å². The standard InChI is InChI=1S/C21H27N3O4S/c1-6-27-18-10-8-7-9-17(18)24-20(26)15(4)28-19(25)12-11-16-13(2)22-21(29-5)23-14(16)3/h7-10,15H,6,11-12H2,1-5H3,(H,24,26). The maximum absolute atomic E-state index is 12.4. The third-order valence-electron chi connectivity index (χ3n) is 4.28. The number of nitrogens with one attached hydrogen (secondary N) is 1. The number of benzene rings is 1. The molecule has 0 saturated heterocycles. The summed E-state index contributed by atoms with van der Waals surface area (Å²) >= 11 is 1.48. The van der Waals surface area contributed by atoms with E-state index in [0.717, 1.165) is 17.0 Å². The molecule has 0 aliphatic rings. The van der Waals surface area contributed by atoms with Crippen molar-refractivity contribution in [3.8, 4) is 5.75 Å². The largest absolute Gasteiger partial charge is 0.492 e. The van der Waals surface area contributed by atoms with Gasteiger partial charge in [0.15, 0.2) is 11.3 Å². The van der Waals surface area contributed by atoms with Crippen molar-refractivity contribution in [2.24, 2.45) is 0 Å². The molecule has 1 amide bonds. The predicted octanol–water partition coefficient (Wildman–Crippen LogP) is 3.72. The summed E-state index contributed by atoms with van der Waals surface area (Å²) in [5, 5.41) is 3.45. The number of esters is 1. The molecule has 1 aromatic carbocycles. The summed E-state index contributed by atoms with van der Waals surface area (Å²) in [5.74, 6) is -0.287. The van der Waals surface area contributed by atoms with Gasteiger partial charge in [-0.25, -0.2) is 9.97 Å². The Morgan fingerprint density at radius 3 is 2.45 bits per heavy atom. The normalized spacial score (nSPS) is 11.6. The SMILES string of the molecule is CCOc1ccccc1NC(=O)C(C)OC(=O)CCc1c(C)nc(SC)nc1C. The van der Waals surface area contributed by atoms with Gasteiger partial charge in [0.2, 0.25) is 0 Å². The van der Waals surface area contributed by atoms with Crippen LogP contribution in [-0.4, -0.2) is 40.8 Å². The molecule has 29 heavy (non-hydrogen) atoms. The van der Waals surface area contributed by atoms with E-state index in [4.69, 9.17) is 9.47 Å². The van der Waals surface area contributed by atoms with Crippen molar-refractivity contribution in [1.82, 2.24) is 9.97 Å². The lowest BCUT2D eigenvalue weighted by Gasteiger charge is -2.16. The summed E-state index contributed by atoms with van der Waals surface area (Å²) in [4.78, 5) is 33.4. The second-order valence-corrected chi connectivity index (χ2v) is 7.18. The Morgan fingerprint density at radius 2 is 1.83 bits per heavy atom. The van der Waals surface area contributed by atoms with Crippen molar-refractivity contribution in [2.75, 3.05) is 18.2 Å². The van der Waals surface area contributed by atoms with Crippen molar-refractivity contribution in [1.29, 1.82) is 0 Å². The average molecular weight is 418 g/mol. The highest BCUT2D eigenvalue weighted by Crippen LogP contribution is 2.24. The number of amides is 1. The van der Waals surface area contributed by atoms with E-state index in [2.05, 4.69) is 15.3 Å². The van der Waals surface area contributed by atoms with Crippen LogP contribution in [0.1, 0.15) is 37.2 Å². The van der Waals surface area contributed by atoms with Crippen LogP contribution in [0.5, 0.6) is 5.75 Å². The van der Waals surface area contributed by atoms with E-state index in [-0.39, 0.29) is 6.42 Å². The molecular weight excluding hydrogens is 390 g/mol. The lowest BCUT2D eigenvalue weighted by molar-refractivity contribution is -0.153. The molecule has 156 valence electrons. The minimum atomic E-state index is -0.922. The Kier molecular flexibility index (Phi) is 8.45. The van der Waals surface area contributed by atoms with Crippen molar-refractivity contribution in [3.63, 3.8) is 0 Å². The fourth-order valence-corrected chi connectivity index (χ4v) is 3.24. The first-order chi connectivity index (χ1) is 13.8. The molecule has 2 rings (SSSR count). The highest BCUT2D eigenvalue weighted by atomic mass is 32.2. The second-order valence-electron chi connectivity index (χ2n) is 6.41. The minimum absolute atomic E-state index is 0.150. The van der Waals surface area contributed by atoms with Crippen LogP contribution in [0.25, 0.3) is 0 Å². The van der Waals surface area contributed by atoms with E-state index in [0.29, 0.717) is 29.6 Å². The molecule has 0 radical (unpaired) electrons. The van der Waals surface area contributed by atoms with Crippen molar-refractivity contribution in [2.45, 2.75) is 51.8 Å². The maximum Gasteiger partial charge on any atom is 0.306 e. The summed E-state index contributed by atoms with van der Waals surface area (Å²) in [6.45, 7) is 7.70. The summed E-state index contributed by atoms with van der Waals surface area (Å²) in [7, 11) is 0. The lowest BCUT2D eigenvalue weighted by atomic mass is 10.1. The maximum atomic E-state index is 12.4. The Balaban J connectivity index is 1.91. The van der Waals surface area contributed by atoms with Crippen LogP contribution in [0.4, 0.5) is 5.69 Å². The predicted molar refractivity (Wildman–Crippen MR) is 113 cm³/mol. The Bertz CT molecular complexity index is 850. The zero-order valence-electron chi connectivity index (χ0n) is 17.4. The van der Waals surface area contributed by atoms with Crippen LogP contribution in [-0.2, 0) is 20.7 Å². The van der Waals surface area contributed by atoms with Crippen molar-refractivity contribution < 1.29 is 19.1 Å². The highest BCUT2D eigenvalue weighted by Gasteiger charge is 2.20. The van der Waals surface area contributed by atoms with Crippen LogP contribution < -0.4 is 10.1 Å². The van der Waals surface area contributed by atoms with Gasteiger partial charge < -0.3 is 14.8 Å². The number of hydrogen-bond acceptors (Lipinski definition) is 7. The molecule has 0 aliphatic heterocycles. The minimum Gasteiger partial charge on any atom is -0.492 e. The van der Waals surface area contributed by atoms with Gasteiger partial charge in [-0.05, 0) is 58.1 Å². The molecule has 1 N–H and O–H groups in total. The number of rotatable bonds is 9. The molecule has 8 heteroatoms. The van der Waals surface area contributed by atoms with E-state index in [1.807, 2.05) is 33.1 Å². The van der Waals surface area contributed by atoms with Gasteiger partial charge in [-0.3, -0.25) is 9.59 Å². The number of thioether (sulfide) groups is 1. The smallest absolute Gasteiger partial charge is 0.306 e. The Morgan fingerprint density at radius 1 is 1.17 bits per heavy atom. The number of aryl methyl sites for hydroxylation is 2. The van der Waals surface area contributed by atoms with Crippen LogP contribution >= 0.6 is 11.8 Å². The van der Waals surface area contributed by atoms with Gasteiger partial charge in [0.05, 0.1) is 12.3 Å². The molecule has 0 bridgehead atoms. The number of nitrogens with zero attached hydrogens (tertiary/aromatic N) is 2. The Labute approximate surface area is 175 Å². The molecule has 0 fully saturated rings.